The number of rotatable bonds is 5. The van der Waals surface area contributed by atoms with E-state index in [0.717, 1.165) is 36.1 Å². The van der Waals surface area contributed by atoms with Crippen molar-refractivity contribution in [2.75, 3.05) is 29.9 Å². The fourth-order valence-electron chi connectivity index (χ4n) is 4.24. The number of hydrogen-bond donors (Lipinski definition) is 1. The molecule has 1 N–H and O–H groups in total. The zero-order chi connectivity index (χ0) is 22.9. The average molecular weight is 456 g/mol. The van der Waals surface area contributed by atoms with Gasteiger partial charge in [0, 0.05) is 37.4 Å². The Morgan fingerprint density at radius 3 is 2.31 bits per heavy atom. The van der Waals surface area contributed by atoms with Crippen molar-refractivity contribution in [2.24, 2.45) is 5.92 Å². The molecule has 4 rings (SSSR count). The first kappa shape index (κ1) is 22.5. The van der Waals surface area contributed by atoms with Crippen molar-refractivity contribution in [1.82, 2.24) is 4.31 Å². The van der Waals surface area contributed by atoms with Gasteiger partial charge in [-0.25, -0.2) is 8.42 Å². The lowest BCUT2D eigenvalue weighted by Gasteiger charge is -2.25. The number of carbonyl (C=O) groups is 2. The minimum Gasteiger partial charge on any atom is -0.326 e. The van der Waals surface area contributed by atoms with Crippen LogP contribution in [0.15, 0.2) is 47.4 Å². The Bertz CT molecular complexity index is 1120. The summed E-state index contributed by atoms with van der Waals surface area (Å²) in [6.07, 6.45) is 2.97. The summed E-state index contributed by atoms with van der Waals surface area (Å²) in [5, 5.41) is 2.83. The van der Waals surface area contributed by atoms with Gasteiger partial charge in [-0.3, -0.25) is 9.59 Å². The third-order valence-electron chi connectivity index (χ3n) is 6.37. The van der Waals surface area contributed by atoms with Gasteiger partial charge in [-0.2, -0.15) is 4.31 Å². The van der Waals surface area contributed by atoms with E-state index in [0.29, 0.717) is 25.3 Å². The number of carbonyl (C=O) groups excluding carboxylic acids is 2. The molecule has 2 heterocycles. The van der Waals surface area contributed by atoms with Gasteiger partial charge < -0.3 is 10.2 Å². The number of nitrogens with one attached hydrogen (secondary N) is 1. The molecule has 32 heavy (non-hydrogen) atoms. The first-order valence-electron chi connectivity index (χ1n) is 11.0. The molecule has 0 aromatic heterocycles. The van der Waals surface area contributed by atoms with Crippen LogP contribution >= 0.6 is 0 Å². The first-order chi connectivity index (χ1) is 15.3. The normalized spacial score (nSPS) is 19.9. The molecular formula is C24H29N3O4S. The predicted molar refractivity (Wildman–Crippen MR) is 124 cm³/mol. The molecule has 0 saturated carbocycles. The molecule has 7 nitrogen and oxygen atoms in total. The number of anilines is 2. The standard InChI is InChI=1S/C24H29N3O4S/c1-17-6-9-21(14-18(17)2)27-16-19(15-23(27)28)24(29)25-20-7-10-22(11-8-20)32(30,31)26-12-4-3-5-13-26/h6-11,14,19H,3-5,12-13,15-16H2,1-2H3,(H,25,29). The molecule has 1 atom stereocenters. The largest absolute Gasteiger partial charge is 0.326 e. The van der Waals surface area contributed by atoms with E-state index >= 15 is 0 Å². The Labute approximate surface area is 189 Å². The van der Waals surface area contributed by atoms with Crippen LogP contribution in [0.1, 0.15) is 36.8 Å². The second-order valence-electron chi connectivity index (χ2n) is 8.65. The molecule has 170 valence electrons. The summed E-state index contributed by atoms with van der Waals surface area (Å²) in [6, 6.07) is 12.1. The van der Waals surface area contributed by atoms with Gasteiger partial charge in [0.05, 0.1) is 10.8 Å². The molecule has 2 aromatic carbocycles. The molecule has 8 heteroatoms. The summed E-state index contributed by atoms with van der Waals surface area (Å²) in [5.41, 5.74) is 3.58. The van der Waals surface area contributed by atoms with Gasteiger partial charge in [0.2, 0.25) is 21.8 Å². The maximum absolute atomic E-state index is 12.8. The van der Waals surface area contributed by atoms with Crippen molar-refractivity contribution < 1.29 is 18.0 Å². The van der Waals surface area contributed by atoms with Crippen molar-refractivity contribution >= 4 is 33.2 Å². The maximum atomic E-state index is 12.8. The Kier molecular flexibility index (Phi) is 6.35. The van der Waals surface area contributed by atoms with Gasteiger partial charge in [0.1, 0.15) is 0 Å². The third kappa shape index (κ3) is 4.56. The van der Waals surface area contributed by atoms with E-state index < -0.39 is 15.9 Å². The van der Waals surface area contributed by atoms with Crippen LogP contribution in [0, 0.1) is 19.8 Å². The minimum atomic E-state index is -3.51. The van der Waals surface area contributed by atoms with Gasteiger partial charge in [0.15, 0.2) is 0 Å². The zero-order valence-electron chi connectivity index (χ0n) is 18.5. The summed E-state index contributed by atoms with van der Waals surface area (Å²) in [5.74, 6) is -0.770. The topological polar surface area (TPSA) is 86.8 Å². The van der Waals surface area contributed by atoms with E-state index in [4.69, 9.17) is 0 Å². The van der Waals surface area contributed by atoms with E-state index in [1.807, 2.05) is 32.0 Å². The van der Waals surface area contributed by atoms with Gasteiger partial charge in [-0.15, -0.1) is 0 Å². The Morgan fingerprint density at radius 1 is 0.969 bits per heavy atom. The highest BCUT2D eigenvalue weighted by molar-refractivity contribution is 7.89. The van der Waals surface area contributed by atoms with Crippen LogP contribution in [0.4, 0.5) is 11.4 Å². The molecule has 0 bridgehead atoms. The van der Waals surface area contributed by atoms with Crippen LogP contribution in [0.2, 0.25) is 0 Å². The molecule has 0 radical (unpaired) electrons. The summed E-state index contributed by atoms with van der Waals surface area (Å²) in [6.45, 7) is 5.44. The predicted octanol–water partition coefficient (Wildman–Crippen LogP) is 3.47. The van der Waals surface area contributed by atoms with E-state index in [9.17, 15) is 18.0 Å². The molecule has 1 unspecified atom stereocenters. The average Bonchev–Trinajstić information content (AvgIpc) is 3.18. The number of piperidine rings is 1. The first-order valence-corrected chi connectivity index (χ1v) is 12.5. The number of amides is 2. The Morgan fingerprint density at radius 2 is 1.66 bits per heavy atom. The Balaban J connectivity index is 1.41. The number of aryl methyl sites for hydroxylation is 2. The minimum absolute atomic E-state index is 0.0728. The second kappa shape index (κ2) is 9.03. The van der Waals surface area contributed by atoms with E-state index in [2.05, 4.69) is 5.32 Å². The number of sulfonamides is 1. The molecular weight excluding hydrogens is 426 g/mol. The number of benzene rings is 2. The lowest BCUT2D eigenvalue weighted by Crippen LogP contribution is -2.35. The monoisotopic (exact) mass is 455 g/mol. The molecule has 2 amide bonds. The van der Waals surface area contributed by atoms with Crippen molar-refractivity contribution in [3.8, 4) is 0 Å². The van der Waals surface area contributed by atoms with Gasteiger partial charge >= 0.3 is 0 Å². The summed E-state index contributed by atoms with van der Waals surface area (Å²) in [4.78, 5) is 27.2. The molecule has 0 aliphatic carbocycles. The highest BCUT2D eigenvalue weighted by atomic mass is 32.2. The zero-order valence-corrected chi connectivity index (χ0v) is 19.3. The van der Waals surface area contributed by atoms with Gasteiger partial charge in [-0.05, 0) is 74.2 Å². The van der Waals surface area contributed by atoms with E-state index in [-0.39, 0.29) is 23.1 Å². The molecule has 2 aliphatic rings. The van der Waals surface area contributed by atoms with Crippen molar-refractivity contribution in [1.29, 1.82) is 0 Å². The number of nitrogens with zero attached hydrogens (tertiary/aromatic N) is 2. The lowest BCUT2D eigenvalue weighted by atomic mass is 10.1. The lowest BCUT2D eigenvalue weighted by molar-refractivity contribution is -0.122. The molecule has 2 saturated heterocycles. The third-order valence-corrected chi connectivity index (χ3v) is 8.29. The second-order valence-corrected chi connectivity index (χ2v) is 10.6. The Hall–Kier alpha value is -2.71. The fraction of sp³-hybridized carbons (Fsp3) is 0.417. The van der Waals surface area contributed by atoms with Crippen molar-refractivity contribution in [3.63, 3.8) is 0 Å². The molecule has 2 fully saturated rings. The van der Waals surface area contributed by atoms with Gasteiger partial charge in [-0.1, -0.05) is 12.5 Å². The molecule has 0 spiro atoms. The van der Waals surface area contributed by atoms with Crippen LogP contribution in [0.3, 0.4) is 0 Å². The van der Waals surface area contributed by atoms with Crippen LogP contribution in [0.5, 0.6) is 0 Å². The van der Waals surface area contributed by atoms with Crippen molar-refractivity contribution in [3.05, 3.63) is 53.6 Å². The van der Waals surface area contributed by atoms with Crippen LogP contribution in [-0.4, -0.2) is 44.2 Å². The highest BCUT2D eigenvalue weighted by Gasteiger charge is 2.35. The summed E-state index contributed by atoms with van der Waals surface area (Å²) in [7, 11) is -3.51. The van der Waals surface area contributed by atoms with Gasteiger partial charge in [0.25, 0.3) is 0 Å². The maximum Gasteiger partial charge on any atom is 0.243 e. The van der Waals surface area contributed by atoms with Crippen LogP contribution in [-0.2, 0) is 19.6 Å². The van der Waals surface area contributed by atoms with E-state index in [1.54, 1.807) is 17.0 Å². The molecule has 2 aromatic rings. The summed E-state index contributed by atoms with van der Waals surface area (Å²) < 4.78 is 27.1. The fourth-order valence-corrected chi connectivity index (χ4v) is 5.75. The SMILES string of the molecule is Cc1ccc(N2CC(C(=O)Nc3ccc(S(=O)(=O)N4CCCCC4)cc3)CC2=O)cc1C. The van der Waals surface area contributed by atoms with Crippen LogP contribution < -0.4 is 10.2 Å². The summed E-state index contributed by atoms with van der Waals surface area (Å²) >= 11 is 0. The van der Waals surface area contributed by atoms with Crippen molar-refractivity contribution in [2.45, 2.75) is 44.4 Å². The smallest absolute Gasteiger partial charge is 0.243 e. The van der Waals surface area contributed by atoms with Crippen LogP contribution in [0.25, 0.3) is 0 Å². The number of hydrogen-bond acceptors (Lipinski definition) is 4. The quantitative estimate of drug-likeness (QED) is 0.748. The highest BCUT2D eigenvalue weighted by Crippen LogP contribution is 2.28. The van der Waals surface area contributed by atoms with E-state index in [1.165, 1.54) is 16.4 Å². The molecule has 2 aliphatic heterocycles.